The zero-order valence-corrected chi connectivity index (χ0v) is 22.6. The molecule has 0 radical (unpaired) electrons. The summed E-state index contributed by atoms with van der Waals surface area (Å²) in [5.41, 5.74) is 2.53. The second kappa shape index (κ2) is 11.4. The first-order chi connectivity index (χ1) is 19.9. The molecular weight excluding hydrogens is 534 g/mol. The Bertz CT molecular complexity index is 1630. The van der Waals surface area contributed by atoms with Gasteiger partial charge >= 0.3 is 6.16 Å². The van der Waals surface area contributed by atoms with Crippen molar-refractivity contribution in [1.29, 1.82) is 0 Å². The Kier molecular flexibility index (Phi) is 7.53. The second-order valence-electron chi connectivity index (χ2n) is 10.6. The zero-order valence-electron chi connectivity index (χ0n) is 22.6. The van der Waals surface area contributed by atoms with Gasteiger partial charge < -0.3 is 18.9 Å². The summed E-state index contributed by atoms with van der Waals surface area (Å²) in [6.45, 7) is 4.74. The minimum absolute atomic E-state index is 0.108. The number of hydrogen-bond donors (Lipinski definition) is 0. The predicted octanol–water partition coefficient (Wildman–Crippen LogP) is 5.44. The van der Waals surface area contributed by atoms with Crippen LogP contribution in [0.2, 0.25) is 0 Å². The zero-order chi connectivity index (χ0) is 28.5. The van der Waals surface area contributed by atoms with Gasteiger partial charge in [0.25, 0.3) is 5.56 Å². The molecule has 1 unspecified atom stereocenters. The minimum Gasteiger partial charge on any atom is -0.422 e. The molecular formula is C30H30F2N4O5. The van der Waals surface area contributed by atoms with Crippen molar-refractivity contribution in [2.45, 2.75) is 57.6 Å². The van der Waals surface area contributed by atoms with E-state index in [1.165, 1.54) is 36.4 Å². The van der Waals surface area contributed by atoms with E-state index in [9.17, 15) is 18.4 Å². The summed E-state index contributed by atoms with van der Waals surface area (Å²) in [7, 11) is 0. The number of aromatic nitrogens is 3. The number of rotatable bonds is 6. The number of carbonyl (C=O) groups excluding carboxylic acids is 1. The highest BCUT2D eigenvalue weighted by atomic mass is 19.1. The fraction of sp³-hybridized carbons (Fsp3) is 0.400. The minimum atomic E-state index is -0.930. The molecule has 0 N–H and O–H groups in total. The number of hydrogen-bond acceptors (Lipinski definition) is 8. The number of benzene rings is 2. The molecule has 4 heterocycles. The van der Waals surface area contributed by atoms with Gasteiger partial charge in [-0.15, -0.1) is 0 Å². The molecule has 41 heavy (non-hydrogen) atoms. The fourth-order valence-corrected chi connectivity index (χ4v) is 5.81. The quantitative estimate of drug-likeness (QED) is 0.225. The topological polar surface area (TPSA) is 99.7 Å². The Morgan fingerprint density at radius 1 is 1.05 bits per heavy atom. The third-order valence-electron chi connectivity index (χ3n) is 8.00. The average molecular weight is 565 g/mol. The van der Waals surface area contributed by atoms with Gasteiger partial charge in [0.15, 0.2) is 17.5 Å². The number of fused-ring (bicyclic) bond motifs is 2. The van der Waals surface area contributed by atoms with E-state index in [-0.39, 0.29) is 23.0 Å². The van der Waals surface area contributed by atoms with Crippen LogP contribution in [0.5, 0.6) is 5.75 Å². The first-order valence-electron chi connectivity index (χ1n) is 13.9. The summed E-state index contributed by atoms with van der Waals surface area (Å²) >= 11 is 0. The van der Waals surface area contributed by atoms with Gasteiger partial charge in [-0.05, 0) is 88.5 Å². The van der Waals surface area contributed by atoms with E-state index in [1.54, 1.807) is 10.6 Å². The number of aryl methyl sites for hydroxylation is 1. The summed E-state index contributed by atoms with van der Waals surface area (Å²) in [5, 5.41) is 5.09. The molecule has 0 amide bonds. The lowest BCUT2D eigenvalue weighted by Gasteiger charge is -2.31. The van der Waals surface area contributed by atoms with Crippen molar-refractivity contribution in [2.75, 3.05) is 19.6 Å². The lowest BCUT2D eigenvalue weighted by atomic mass is 9.91. The Balaban J connectivity index is 1.08. The highest BCUT2D eigenvalue weighted by Crippen LogP contribution is 2.33. The predicted molar refractivity (Wildman–Crippen MR) is 145 cm³/mol. The van der Waals surface area contributed by atoms with Crippen LogP contribution in [-0.2, 0) is 17.7 Å². The molecule has 2 aromatic carbocycles. The smallest absolute Gasteiger partial charge is 0.422 e. The third-order valence-corrected chi connectivity index (χ3v) is 8.00. The van der Waals surface area contributed by atoms with Crippen LogP contribution in [0, 0.1) is 18.6 Å². The Labute approximate surface area is 234 Å². The lowest BCUT2D eigenvalue weighted by molar-refractivity contribution is 0.0401. The molecule has 1 saturated heterocycles. The average Bonchev–Trinajstić information content (AvgIpc) is 3.38. The summed E-state index contributed by atoms with van der Waals surface area (Å²) in [5.74, 6) is 0.0371. The van der Waals surface area contributed by atoms with Crippen LogP contribution in [0.15, 0.2) is 51.8 Å². The van der Waals surface area contributed by atoms with E-state index in [1.807, 2.05) is 6.92 Å². The van der Waals surface area contributed by atoms with Gasteiger partial charge in [0, 0.05) is 41.7 Å². The summed E-state index contributed by atoms with van der Waals surface area (Å²) < 4.78 is 44.3. The molecule has 0 bridgehead atoms. The lowest BCUT2D eigenvalue weighted by Crippen LogP contribution is -2.38. The van der Waals surface area contributed by atoms with E-state index < -0.39 is 18.1 Å². The van der Waals surface area contributed by atoms with Crippen molar-refractivity contribution >= 4 is 17.1 Å². The van der Waals surface area contributed by atoms with Gasteiger partial charge in [-0.1, -0.05) is 5.16 Å². The highest BCUT2D eigenvalue weighted by molar-refractivity contribution is 5.79. The van der Waals surface area contributed by atoms with Gasteiger partial charge in [-0.2, -0.15) is 0 Å². The Hall–Kier alpha value is -4.12. The number of halogens is 2. The fourth-order valence-electron chi connectivity index (χ4n) is 5.81. The van der Waals surface area contributed by atoms with E-state index in [0.29, 0.717) is 48.5 Å². The molecule has 4 aromatic rings. The van der Waals surface area contributed by atoms with E-state index in [0.717, 1.165) is 43.6 Å². The van der Waals surface area contributed by atoms with Crippen LogP contribution in [-0.4, -0.2) is 45.4 Å². The second-order valence-corrected chi connectivity index (χ2v) is 10.6. The SMILES string of the molecule is Cc1nc2n(c(=O)c1CCN1CCC(c3noc4cc(F)ccc34)CC1)CCCC2OC(=O)Oc1ccc(F)cc1. The standard InChI is InChI=1S/C30H30F2N4O5/c1-18-23(12-16-35-14-10-19(11-15-35)27-24-9-6-21(32)17-26(24)41-34-27)29(37)36-13-2-3-25(28(36)33-18)40-30(38)39-22-7-4-20(31)5-8-22/h4-9,17,19,25H,2-3,10-16H2,1H3. The molecule has 6 rings (SSSR count). The van der Waals surface area contributed by atoms with Crippen molar-refractivity contribution in [3.63, 3.8) is 0 Å². The molecule has 9 nitrogen and oxygen atoms in total. The maximum Gasteiger partial charge on any atom is 0.514 e. The molecule has 11 heteroatoms. The van der Waals surface area contributed by atoms with Gasteiger partial charge in [0.05, 0.1) is 5.69 Å². The number of likely N-dealkylation sites (tertiary alicyclic amines) is 1. The molecule has 0 aliphatic carbocycles. The maximum atomic E-state index is 13.5. The Morgan fingerprint density at radius 3 is 2.59 bits per heavy atom. The number of ether oxygens (including phenoxy) is 2. The van der Waals surface area contributed by atoms with Crippen LogP contribution >= 0.6 is 0 Å². The first-order valence-corrected chi connectivity index (χ1v) is 13.9. The molecule has 214 valence electrons. The molecule has 2 aliphatic heterocycles. The molecule has 2 aliphatic rings. The van der Waals surface area contributed by atoms with Crippen LogP contribution in [0.1, 0.15) is 60.5 Å². The summed E-state index contributed by atoms with van der Waals surface area (Å²) in [4.78, 5) is 32.9. The summed E-state index contributed by atoms with van der Waals surface area (Å²) in [6.07, 6.45) is 1.89. The maximum absolute atomic E-state index is 13.5. The third kappa shape index (κ3) is 5.72. The number of piperidine rings is 1. The summed E-state index contributed by atoms with van der Waals surface area (Å²) in [6, 6.07) is 9.58. The highest BCUT2D eigenvalue weighted by Gasteiger charge is 2.30. The molecule has 2 aromatic heterocycles. The van der Waals surface area contributed by atoms with Crippen molar-refractivity contribution in [1.82, 2.24) is 19.6 Å². The van der Waals surface area contributed by atoms with Gasteiger partial charge in [0.1, 0.15) is 17.4 Å². The number of nitrogens with zero attached hydrogens (tertiary/aromatic N) is 4. The monoisotopic (exact) mass is 564 g/mol. The van der Waals surface area contributed by atoms with Gasteiger partial charge in [-0.25, -0.2) is 18.6 Å². The molecule has 1 atom stereocenters. The normalized spacial score (nSPS) is 17.9. The first kappa shape index (κ1) is 27.1. The van der Waals surface area contributed by atoms with Gasteiger partial charge in [0.2, 0.25) is 0 Å². The van der Waals surface area contributed by atoms with Crippen molar-refractivity contribution in [3.8, 4) is 5.75 Å². The number of carbonyl (C=O) groups is 1. The Morgan fingerprint density at radius 2 is 1.80 bits per heavy atom. The molecule has 0 spiro atoms. The van der Waals surface area contributed by atoms with E-state index in [2.05, 4.69) is 15.0 Å². The van der Waals surface area contributed by atoms with Crippen molar-refractivity contribution in [3.05, 3.63) is 87.2 Å². The van der Waals surface area contributed by atoms with Crippen LogP contribution in [0.3, 0.4) is 0 Å². The van der Waals surface area contributed by atoms with Crippen molar-refractivity contribution in [2.24, 2.45) is 0 Å². The van der Waals surface area contributed by atoms with Gasteiger partial charge in [-0.3, -0.25) is 9.36 Å². The van der Waals surface area contributed by atoms with Crippen LogP contribution in [0.4, 0.5) is 13.6 Å². The molecule has 1 fully saturated rings. The van der Waals surface area contributed by atoms with E-state index in [4.69, 9.17) is 14.0 Å². The largest absolute Gasteiger partial charge is 0.514 e. The van der Waals surface area contributed by atoms with Crippen molar-refractivity contribution < 1.29 is 27.6 Å². The van der Waals surface area contributed by atoms with Crippen LogP contribution < -0.4 is 10.3 Å². The molecule has 0 saturated carbocycles. The van der Waals surface area contributed by atoms with E-state index >= 15 is 0 Å². The van der Waals surface area contributed by atoms with Crippen LogP contribution in [0.25, 0.3) is 11.0 Å².